The Labute approximate surface area is 220 Å². The Kier molecular flexibility index (Phi) is 9.78. The molecule has 194 valence electrons. The van der Waals surface area contributed by atoms with Crippen molar-refractivity contribution in [1.82, 2.24) is 10.6 Å². The number of primary sulfonamides is 1. The van der Waals surface area contributed by atoms with Crippen LogP contribution in [0.15, 0.2) is 83.8 Å². The van der Waals surface area contributed by atoms with Crippen LogP contribution in [0.2, 0.25) is 5.02 Å². The second-order valence-electron chi connectivity index (χ2n) is 8.07. The first-order valence-electron chi connectivity index (χ1n) is 11.3. The van der Waals surface area contributed by atoms with Gasteiger partial charge in [0.25, 0.3) is 11.8 Å². The first-order chi connectivity index (χ1) is 17.6. The quantitative estimate of drug-likeness (QED) is 0.317. The van der Waals surface area contributed by atoms with E-state index in [-0.39, 0.29) is 28.4 Å². The van der Waals surface area contributed by atoms with Crippen molar-refractivity contribution in [2.45, 2.75) is 23.8 Å². The predicted molar refractivity (Wildman–Crippen MR) is 138 cm³/mol. The lowest BCUT2D eigenvalue weighted by atomic mass is 10.0. The Morgan fingerprint density at radius 1 is 0.919 bits per heavy atom. The van der Waals surface area contributed by atoms with Crippen LogP contribution in [-0.4, -0.2) is 39.4 Å². The van der Waals surface area contributed by atoms with Crippen molar-refractivity contribution in [3.05, 3.63) is 101 Å². The molecule has 0 aliphatic heterocycles. The third kappa shape index (κ3) is 8.71. The minimum atomic E-state index is -3.77. The molecule has 11 heteroatoms. The number of sulfonamides is 1. The van der Waals surface area contributed by atoms with Gasteiger partial charge in [0.15, 0.2) is 6.61 Å². The van der Waals surface area contributed by atoms with Gasteiger partial charge in [-0.1, -0.05) is 66.2 Å². The van der Waals surface area contributed by atoms with Crippen molar-refractivity contribution in [2.75, 3.05) is 13.2 Å². The van der Waals surface area contributed by atoms with Crippen LogP contribution in [0.5, 0.6) is 0 Å². The molecule has 0 fully saturated rings. The third-order valence-electron chi connectivity index (χ3n) is 5.35. The summed E-state index contributed by atoms with van der Waals surface area (Å²) in [7, 11) is -3.77. The highest BCUT2D eigenvalue weighted by molar-refractivity contribution is 7.89. The number of hydrogen-bond acceptors (Lipinski definition) is 6. The van der Waals surface area contributed by atoms with E-state index in [0.29, 0.717) is 12.0 Å². The van der Waals surface area contributed by atoms with Gasteiger partial charge in [-0.15, -0.1) is 0 Å². The van der Waals surface area contributed by atoms with Gasteiger partial charge in [0.05, 0.1) is 27.9 Å². The van der Waals surface area contributed by atoms with E-state index in [2.05, 4.69) is 10.6 Å². The Morgan fingerprint density at radius 2 is 1.57 bits per heavy atom. The summed E-state index contributed by atoms with van der Waals surface area (Å²) in [6.07, 6.45) is 0.249. The van der Waals surface area contributed by atoms with Gasteiger partial charge in [0.1, 0.15) is 0 Å². The Balaban J connectivity index is 1.50. The number of carbonyl (C=O) groups is 3. The fourth-order valence-corrected chi connectivity index (χ4v) is 4.17. The molecule has 4 N–H and O–H groups in total. The number of hydrogen-bond donors (Lipinski definition) is 3. The van der Waals surface area contributed by atoms with E-state index < -0.39 is 40.5 Å². The molecule has 0 aliphatic carbocycles. The van der Waals surface area contributed by atoms with Crippen molar-refractivity contribution in [3.8, 4) is 0 Å². The molecule has 3 aromatic rings. The molecule has 0 spiro atoms. The van der Waals surface area contributed by atoms with Crippen LogP contribution in [0.4, 0.5) is 0 Å². The number of rotatable bonds is 11. The molecule has 0 aromatic heterocycles. The van der Waals surface area contributed by atoms with E-state index in [9.17, 15) is 22.8 Å². The van der Waals surface area contributed by atoms with Crippen LogP contribution < -0.4 is 15.8 Å². The molecular weight excluding hydrogens is 518 g/mol. The molecule has 9 nitrogen and oxygen atoms in total. The van der Waals surface area contributed by atoms with Crippen molar-refractivity contribution in [3.63, 3.8) is 0 Å². The lowest BCUT2D eigenvalue weighted by Gasteiger charge is -2.19. The fraction of sp³-hybridized carbons (Fsp3) is 0.192. The zero-order valence-corrected chi connectivity index (χ0v) is 21.3. The number of carbonyl (C=O) groups excluding carboxylic acids is 3. The summed E-state index contributed by atoms with van der Waals surface area (Å²) in [6, 6.07) is 20.8. The molecule has 0 bridgehead atoms. The first-order valence-corrected chi connectivity index (χ1v) is 13.2. The molecule has 3 rings (SSSR count). The van der Waals surface area contributed by atoms with Gasteiger partial charge in [-0.3, -0.25) is 14.4 Å². The van der Waals surface area contributed by atoms with Gasteiger partial charge >= 0.3 is 5.97 Å². The summed E-state index contributed by atoms with van der Waals surface area (Å²) in [5.41, 5.74) is 1.76. The zero-order chi connectivity index (χ0) is 26.8. The van der Waals surface area contributed by atoms with Crippen LogP contribution >= 0.6 is 11.6 Å². The van der Waals surface area contributed by atoms with E-state index >= 15 is 0 Å². The molecule has 2 amide bonds. The fourth-order valence-electron chi connectivity index (χ4n) is 3.43. The summed E-state index contributed by atoms with van der Waals surface area (Å²) in [4.78, 5) is 37.4. The van der Waals surface area contributed by atoms with Gasteiger partial charge in [-0.05, 0) is 41.8 Å². The molecule has 0 heterocycles. The van der Waals surface area contributed by atoms with E-state index in [4.69, 9.17) is 21.5 Å². The monoisotopic (exact) mass is 543 g/mol. The van der Waals surface area contributed by atoms with E-state index in [1.807, 2.05) is 6.07 Å². The lowest BCUT2D eigenvalue weighted by molar-refractivity contribution is -0.149. The van der Waals surface area contributed by atoms with Crippen LogP contribution in [-0.2, 0) is 30.8 Å². The van der Waals surface area contributed by atoms with Gasteiger partial charge < -0.3 is 15.4 Å². The standard InChI is InChI=1S/C26H26ClN3O6S/c27-22-9-5-4-8-21(22)26(33)30-23(19-6-2-1-3-7-19)16-25(32)36-17-24(31)29-15-14-18-10-12-20(13-11-18)37(28,34)35/h1-13,23H,14-17H2,(H,29,31)(H,30,33)(H2,28,34,35). The minimum absolute atomic E-state index is 0.00376. The van der Waals surface area contributed by atoms with Gasteiger partial charge in [-0.25, -0.2) is 13.6 Å². The number of amides is 2. The van der Waals surface area contributed by atoms with Crippen LogP contribution in [0, 0.1) is 0 Å². The zero-order valence-electron chi connectivity index (χ0n) is 19.7. The molecule has 1 atom stereocenters. The normalized spacial score (nSPS) is 11.8. The molecule has 0 radical (unpaired) electrons. The van der Waals surface area contributed by atoms with Crippen molar-refractivity contribution in [2.24, 2.45) is 5.14 Å². The third-order valence-corrected chi connectivity index (χ3v) is 6.61. The number of benzene rings is 3. The molecule has 3 aromatic carbocycles. The summed E-state index contributed by atoms with van der Waals surface area (Å²) in [5, 5.41) is 10.8. The second kappa shape index (κ2) is 13.0. The summed E-state index contributed by atoms with van der Waals surface area (Å²) < 4.78 is 27.7. The molecule has 0 aliphatic rings. The maximum Gasteiger partial charge on any atom is 0.308 e. The Bertz CT molecular complexity index is 1350. The van der Waals surface area contributed by atoms with Crippen molar-refractivity contribution < 1.29 is 27.5 Å². The second-order valence-corrected chi connectivity index (χ2v) is 10.0. The highest BCUT2D eigenvalue weighted by atomic mass is 35.5. The largest absolute Gasteiger partial charge is 0.456 e. The van der Waals surface area contributed by atoms with Crippen LogP contribution in [0.3, 0.4) is 0 Å². The maximum atomic E-state index is 12.8. The average Bonchev–Trinajstić information content (AvgIpc) is 2.87. The molecular formula is C26H26ClN3O6S. The van der Waals surface area contributed by atoms with Gasteiger partial charge in [0, 0.05) is 6.54 Å². The van der Waals surface area contributed by atoms with Crippen LogP contribution in [0.25, 0.3) is 0 Å². The number of nitrogens with one attached hydrogen (secondary N) is 2. The Hall–Kier alpha value is -3.73. The van der Waals surface area contributed by atoms with Crippen LogP contribution in [0.1, 0.15) is 33.9 Å². The first kappa shape index (κ1) is 27.9. The highest BCUT2D eigenvalue weighted by Crippen LogP contribution is 2.20. The van der Waals surface area contributed by atoms with Crippen molar-refractivity contribution in [1.29, 1.82) is 0 Å². The average molecular weight is 544 g/mol. The number of halogens is 1. The SMILES string of the molecule is NS(=O)(=O)c1ccc(CCNC(=O)COC(=O)CC(NC(=O)c2ccccc2Cl)c2ccccc2)cc1. The number of esters is 1. The minimum Gasteiger partial charge on any atom is -0.456 e. The highest BCUT2D eigenvalue weighted by Gasteiger charge is 2.21. The lowest BCUT2D eigenvalue weighted by Crippen LogP contribution is -2.33. The summed E-state index contributed by atoms with van der Waals surface area (Å²) in [5.74, 6) is -1.60. The summed E-state index contributed by atoms with van der Waals surface area (Å²) in [6.45, 7) is -0.227. The van der Waals surface area contributed by atoms with E-state index in [1.54, 1.807) is 60.7 Å². The molecule has 37 heavy (non-hydrogen) atoms. The molecule has 0 saturated heterocycles. The Morgan fingerprint density at radius 3 is 2.22 bits per heavy atom. The predicted octanol–water partition coefficient (Wildman–Crippen LogP) is 2.75. The van der Waals surface area contributed by atoms with E-state index in [1.165, 1.54) is 12.1 Å². The molecule has 1 unspecified atom stereocenters. The number of nitrogens with two attached hydrogens (primary N) is 1. The molecule has 0 saturated carbocycles. The number of ether oxygens (including phenoxy) is 1. The summed E-state index contributed by atoms with van der Waals surface area (Å²) >= 11 is 6.12. The van der Waals surface area contributed by atoms with Gasteiger partial charge in [-0.2, -0.15) is 0 Å². The van der Waals surface area contributed by atoms with Gasteiger partial charge in [0.2, 0.25) is 10.0 Å². The smallest absolute Gasteiger partial charge is 0.308 e. The maximum absolute atomic E-state index is 12.8. The van der Waals surface area contributed by atoms with E-state index in [0.717, 1.165) is 5.56 Å². The topological polar surface area (TPSA) is 145 Å². The van der Waals surface area contributed by atoms with Crippen molar-refractivity contribution >= 4 is 39.4 Å².